The fourth-order valence-corrected chi connectivity index (χ4v) is 3.16. The van der Waals surface area contributed by atoms with Crippen LogP contribution >= 0.6 is 11.3 Å². The number of hydrogen-bond acceptors (Lipinski definition) is 6. The number of ether oxygens (including phenoxy) is 1. The maximum absolute atomic E-state index is 9.55. The summed E-state index contributed by atoms with van der Waals surface area (Å²) >= 11 is 1.71. The lowest BCUT2D eigenvalue weighted by atomic mass is 10.0. The molecule has 172 valence electrons. The fraction of sp³-hybridized carbons (Fsp3) is 0.333. The minimum absolute atomic E-state index is 0.112. The van der Waals surface area contributed by atoms with Crippen molar-refractivity contribution in [3.05, 3.63) is 63.9 Å². The van der Waals surface area contributed by atoms with E-state index in [9.17, 15) is 14.7 Å². The molecule has 0 saturated carbocycles. The van der Waals surface area contributed by atoms with Crippen molar-refractivity contribution in [2.24, 2.45) is 11.7 Å². The van der Waals surface area contributed by atoms with Crippen LogP contribution in [-0.4, -0.2) is 40.1 Å². The molecule has 1 heterocycles. The molecule has 7 nitrogen and oxygen atoms in total. The van der Waals surface area contributed by atoms with Crippen LogP contribution in [0.25, 0.3) is 0 Å². The molecular weight excluding hydrogens is 430 g/mol. The topological polar surface area (TPSA) is 130 Å². The first kappa shape index (κ1) is 26.9. The Kier molecular flexibility index (Phi) is 12.5. The molecule has 0 aliphatic heterocycles. The lowest BCUT2D eigenvalue weighted by Crippen LogP contribution is -2.27. The average Bonchev–Trinajstić information content (AvgIpc) is 3.19. The smallest absolute Gasteiger partial charge is 0.328 e. The normalized spacial score (nSPS) is 12.1. The number of rotatable bonds is 9. The van der Waals surface area contributed by atoms with Gasteiger partial charge in [-0.2, -0.15) is 0 Å². The summed E-state index contributed by atoms with van der Waals surface area (Å²) in [6.45, 7) is 4.62. The number of nitrogens with two attached hydrogens (primary N) is 1. The zero-order valence-electron chi connectivity index (χ0n) is 18.2. The molecule has 1 aromatic carbocycles. The summed E-state index contributed by atoms with van der Waals surface area (Å²) in [5.41, 5.74) is 6.70. The highest BCUT2D eigenvalue weighted by molar-refractivity contribution is 7.12. The van der Waals surface area contributed by atoms with E-state index in [4.69, 9.17) is 20.7 Å². The Morgan fingerprint density at radius 1 is 1.12 bits per heavy atom. The highest BCUT2D eigenvalue weighted by atomic mass is 32.1. The molecule has 2 aromatic rings. The Balaban J connectivity index is 0.000000547. The van der Waals surface area contributed by atoms with Gasteiger partial charge in [0.15, 0.2) is 0 Å². The van der Waals surface area contributed by atoms with Gasteiger partial charge >= 0.3 is 11.9 Å². The standard InChI is InChI=1S/C20H25NO2S.C4H4O4/c1-15-6-9-17(10-7-15)23-14-4-3-5-18-12-13-19(24-18)11-8-16(2)20(21)22;5-3(6)1-2-4(7)8/h6-7,9-10,12-13,16,20,22H,4,8,11,14,21H2,1-2H3;1-2H,(H,5,6)(H,7,8)/t16-,20?;/m1./s1. The molecule has 0 aliphatic rings. The maximum atomic E-state index is 9.55. The van der Waals surface area contributed by atoms with Gasteiger partial charge in [-0.3, -0.25) is 0 Å². The van der Waals surface area contributed by atoms with Gasteiger partial charge in [-0.15, -0.1) is 11.3 Å². The number of carboxylic acids is 2. The van der Waals surface area contributed by atoms with Crippen LogP contribution in [0.3, 0.4) is 0 Å². The molecule has 0 bridgehead atoms. The van der Waals surface area contributed by atoms with Gasteiger partial charge in [-0.05, 0) is 49.9 Å². The number of aliphatic hydroxyl groups excluding tert-OH is 1. The van der Waals surface area contributed by atoms with E-state index in [1.54, 1.807) is 11.3 Å². The van der Waals surface area contributed by atoms with Crippen molar-refractivity contribution in [2.75, 3.05) is 6.61 Å². The summed E-state index contributed by atoms with van der Waals surface area (Å²) in [4.78, 5) is 21.5. The molecule has 8 heteroatoms. The third kappa shape index (κ3) is 12.5. The van der Waals surface area contributed by atoms with E-state index in [1.807, 2.05) is 31.2 Å². The second kappa shape index (κ2) is 14.8. The quantitative estimate of drug-likeness (QED) is 0.196. The van der Waals surface area contributed by atoms with Gasteiger partial charge < -0.3 is 25.8 Å². The molecule has 0 fully saturated rings. The van der Waals surface area contributed by atoms with Gasteiger partial charge in [0.05, 0.1) is 11.5 Å². The number of carbonyl (C=O) groups is 2. The molecular formula is C24H29NO6S. The van der Waals surface area contributed by atoms with Gasteiger partial charge in [0.2, 0.25) is 0 Å². The SMILES string of the molecule is Cc1ccc(OCCC#Cc2ccc(CC[C@@H](C)C(N)O)s2)cc1.O=C(O)C=CC(=O)O. The molecule has 1 unspecified atom stereocenters. The Labute approximate surface area is 192 Å². The highest BCUT2D eigenvalue weighted by Gasteiger charge is 2.09. The van der Waals surface area contributed by atoms with Gasteiger partial charge in [-0.1, -0.05) is 36.5 Å². The van der Waals surface area contributed by atoms with E-state index in [1.165, 1.54) is 10.4 Å². The molecule has 0 saturated heterocycles. The van der Waals surface area contributed by atoms with Gasteiger partial charge in [0.25, 0.3) is 0 Å². The zero-order chi connectivity index (χ0) is 23.9. The third-order valence-electron chi connectivity index (χ3n) is 4.19. The lowest BCUT2D eigenvalue weighted by molar-refractivity contribution is -0.134. The average molecular weight is 460 g/mol. The van der Waals surface area contributed by atoms with Crippen molar-refractivity contribution in [3.8, 4) is 17.6 Å². The minimum atomic E-state index is -1.26. The molecule has 0 amide bonds. The Morgan fingerprint density at radius 3 is 2.31 bits per heavy atom. The van der Waals surface area contributed by atoms with Crippen LogP contribution in [0, 0.1) is 24.7 Å². The number of aliphatic hydroxyl groups is 1. The fourth-order valence-electron chi connectivity index (χ4n) is 2.27. The van der Waals surface area contributed by atoms with Crippen LogP contribution in [0.15, 0.2) is 48.6 Å². The summed E-state index contributed by atoms with van der Waals surface area (Å²) in [7, 11) is 0. The van der Waals surface area contributed by atoms with E-state index < -0.39 is 18.2 Å². The number of aryl methyl sites for hydroxylation is 2. The molecule has 2 atom stereocenters. The Bertz CT molecular complexity index is 921. The second-order valence-electron chi connectivity index (χ2n) is 7.00. The molecule has 0 radical (unpaired) electrons. The van der Waals surface area contributed by atoms with Gasteiger partial charge in [-0.25, -0.2) is 9.59 Å². The zero-order valence-corrected chi connectivity index (χ0v) is 19.0. The number of carboxylic acid groups (broad SMARTS) is 2. The van der Waals surface area contributed by atoms with Gasteiger partial charge in [0, 0.05) is 23.5 Å². The lowest BCUT2D eigenvalue weighted by Gasteiger charge is -2.12. The molecule has 0 spiro atoms. The van der Waals surface area contributed by atoms with Crippen LogP contribution in [0.5, 0.6) is 5.75 Å². The van der Waals surface area contributed by atoms with E-state index in [2.05, 4.69) is 30.9 Å². The summed E-state index contributed by atoms with van der Waals surface area (Å²) in [5, 5.41) is 24.9. The molecule has 2 rings (SSSR count). The van der Waals surface area contributed by atoms with E-state index in [-0.39, 0.29) is 5.92 Å². The molecule has 1 aromatic heterocycles. The summed E-state index contributed by atoms with van der Waals surface area (Å²) in [6, 6.07) is 12.2. The number of benzene rings is 1. The van der Waals surface area contributed by atoms with Crippen molar-refractivity contribution < 1.29 is 29.6 Å². The van der Waals surface area contributed by atoms with E-state index in [0.717, 1.165) is 23.5 Å². The van der Waals surface area contributed by atoms with Gasteiger partial charge in [0.1, 0.15) is 12.0 Å². The molecule has 5 N–H and O–H groups in total. The number of thiophene rings is 1. The molecule has 0 aliphatic carbocycles. The first-order valence-electron chi connectivity index (χ1n) is 10.0. The van der Waals surface area contributed by atoms with Crippen molar-refractivity contribution >= 4 is 23.3 Å². The van der Waals surface area contributed by atoms with E-state index in [0.29, 0.717) is 25.2 Å². The summed E-state index contributed by atoms with van der Waals surface area (Å²) < 4.78 is 5.66. The van der Waals surface area contributed by atoms with Crippen LogP contribution in [-0.2, 0) is 16.0 Å². The number of aliphatic carboxylic acids is 2. The second-order valence-corrected chi connectivity index (χ2v) is 8.16. The van der Waals surface area contributed by atoms with Crippen molar-refractivity contribution in [2.45, 2.75) is 39.3 Å². The number of hydrogen-bond donors (Lipinski definition) is 4. The molecule has 32 heavy (non-hydrogen) atoms. The predicted octanol–water partition coefficient (Wildman–Crippen LogP) is 3.43. The first-order valence-corrected chi connectivity index (χ1v) is 10.8. The Hall–Kier alpha value is -3.12. The monoisotopic (exact) mass is 459 g/mol. The highest BCUT2D eigenvalue weighted by Crippen LogP contribution is 2.19. The minimum Gasteiger partial charge on any atom is -0.493 e. The summed E-state index contributed by atoms with van der Waals surface area (Å²) in [6.07, 6.45) is 2.90. The van der Waals surface area contributed by atoms with Crippen LogP contribution in [0.1, 0.15) is 35.1 Å². The van der Waals surface area contributed by atoms with Crippen LogP contribution in [0.4, 0.5) is 0 Å². The largest absolute Gasteiger partial charge is 0.493 e. The predicted molar refractivity (Wildman–Crippen MR) is 125 cm³/mol. The Morgan fingerprint density at radius 2 is 1.75 bits per heavy atom. The van der Waals surface area contributed by atoms with Crippen LogP contribution in [0.2, 0.25) is 0 Å². The van der Waals surface area contributed by atoms with Crippen molar-refractivity contribution in [1.29, 1.82) is 0 Å². The third-order valence-corrected chi connectivity index (χ3v) is 5.25. The first-order chi connectivity index (χ1) is 15.2. The van der Waals surface area contributed by atoms with Crippen molar-refractivity contribution in [3.63, 3.8) is 0 Å². The van der Waals surface area contributed by atoms with Crippen molar-refractivity contribution in [1.82, 2.24) is 0 Å². The summed E-state index contributed by atoms with van der Waals surface area (Å²) in [5.74, 6) is 4.82. The maximum Gasteiger partial charge on any atom is 0.328 e. The van der Waals surface area contributed by atoms with E-state index >= 15 is 0 Å². The van der Waals surface area contributed by atoms with Crippen LogP contribution < -0.4 is 10.5 Å².